The molecule has 252 valence electrons. The van der Waals surface area contributed by atoms with Crippen molar-refractivity contribution in [3.8, 4) is 0 Å². The number of carbonyl (C=O) groups is 2. The molecule has 0 saturated heterocycles. The minimum absolute atomic E-state index is 0.0522. The van der Waals surface area contributed by atoms with Crippen LogP contribution in [0.3, 0.4) is 0 Å². The predicted molar refractivity (Wildman–Crippen MR) is 207 cm³/mol. The van der Waals surface area contributed by atoms with Crippen LogP contribution in [0.25, 0.3) is 17.2 Å². The highest BCUT2D eigenvalue weighted by Gasteiger charge is 2.48. The topological polar surface area (TPSA) is 68.5 Å². The van der Waals surface area contributed by atoms with Gasteiger partial charge in [-0.15, -0.1) is 0 Å². The second-order valence-electron chi connectivity index (χ2n) is 13.1. The predicted octanol–water partition coefficient (Wildman–Crippen LogP) is 8.70. The van der Waals surface area contributed by atoms with Crippen LogP contribution in [0, 0.1) is 5.92 Å². The highest BCUT2D eigenvalue weighted by atomic mass is 35.5. The van der Waals surface area contributed by atoms with Crippen LogP contribution < -0.4 is 14.9 Å². The second-order valence-corrected chi connectivity index (χ2v) is 15.0. The van der Waals surface area contributed by atoms with E-state index in [1.165, 1.54) is 11.3 Å². The van der Waals surface area contributed by atoms with E-state index in [0.29, 0.717) is 41.8 Å². The second kappa shape index (κ2) is 13.0. The number of aromatic nitrogens is 1. The molecule has 0 spiro atoms. The zero-order valence-electron chi connectivity index (χ0n) is 27.5. The van der Waals surface area contributed by atoms with Gasteiger partial charge in [0.2, 0.25) is 0 Å². The van der Waals surface area contributed by atoms with Crippen LogP contribution in [-0.2, 0) is 4.79 Å². The van der Waals surface area contributed by atoms with E-state index in [1.54, 1.807) is 28.8 Å². The van der Waals surface area contributed by atoms with Crippen LogP contribution in [0.15, 0.2) is 155 Å². The van der Waals surface area contributed by atoms with Crippen molar-refractivity contribution in [1.29, 1.82) is 0 Å². The maximum absolute atomic E-state index is 14.9. The molecule has 52 heavy (non-hydrogen) atoms. The molecule has 2 aliphatic carbocycles. The average molecular weight is 736 g/mol. The van der Waals surface area contributed by atoms with Crippen LogP contribution in [0.2, 0.25) is 10.0 Å². The Morgan fingerprint density at radius 3 is 1.96 bits per heavy atom. The number of allylic oxidation sites excluding steroid dienone is 4. The molecule has 0 bridgehead atoms. The summed E-state index contributed by atoms with van der Waals surface area (Å²) >= 11 is 14.1. The quantitative estimate of drug-likeness (QED) is 0.178. The summed E-state index contributed by atoms with van der Waals surface area (Å²) < 4.78 is 2.27. The molecule has 0 amide bonds. The summed E-state index contributed by atoms with van der Waals surface area (Å²) in [7, 11) is 0. The number of benzene rings is 5. The van der Waals surface area contributed by atoms with Crippen LogP contribution in [0.4, 0.5) is 0 Å². The van der Waals surface area contributed by atoms with Gasteiger partial charge in [-0.25, -0.2) is 4.99 Å². The Hall–Kier alpha value is -5.40. The molecular weight excluding hydrogens is 707 g/mol. The summed E-state index contributed by atoms with van der Waals surface area (Å²) in [5.41, 5.74) is 7.16. The molecule has 3 unspecified atom stereocenters. The van der Waals surface area contributed by atoms with Crippen molar-refractivity contribution in [1.82, 2.24) is 4.57 Å². The van der Waals surface area contributed by atoms with Crippen LogP contribution in [0.5, 0.6) is 0 Å². The average Bonchev–Trinajstić information content (AvgIpc) is 3.63. The normalized spacial score (nSPS) is 19.7. The lowest BCUT2D eigenvalue weighted by atomic mass is 9.68. The molecule has 8 heteroatoms. The van der Waals surface area contributed by atoms with Crippen molar-refractivity contribution in [2.24, 2.45) is 10.9 Å². The first-order valence-electron chi connectivity index (χ1n) is 16.9. The molecule has 1 aliphatic heterocycles. The number of fused-ring (bicyclic) bond motifs is 3. The van der Waals surface area contributed by atoms with Gasteiger partial charge in [0.15, 0.2) is 10.6 Å². The zero-order valence-corrected chi connectivity index (χ0v) is 29.8. The monoisotopic (exact) mass is 734 g/mol. The summed E-state index contributed by atoms with van der Waals surface area (Å²) in [4.78, 5) is 49.7. The third kappa shape index (κ3) is 5.37. The standard InChI is InChI=1S/C44H28Cl2N2O3S/c45-29-19-15-26(16-20-29)36-38-33(31-13-7-8-14-32(31)42(38)50)24-34(49)39(36)40-37(27-17-21-30(46)22-18-27)41(28-11-5-2-6-12-28)48-43(51)35(52-44(48)47-40)23-25-9-3-1-4-10-25/h1-23,36,39,41H,24H2/b35-23-. The number of carbonyl (C=O) groups excluding carboxylic acids is 2. The Balaban J connectivity index is 1.37. The van der Waals surface area contributed by atoms with Gasteiger partial charge in [-0.1, -0.05) is 144 Å². The number of Topliss-reactive ketones (excluding diaryl/α,β-unsaturated/α-hetero) is 2. The number of rotatable bonds is 5. The summed E-state index contributed by atoms with van der Waals surface area (Å²) in [6.07, 6.45) is 1.96. The van der Waals surface area contributed by atoms with Crippen molar-refractivity contribution < 1.29 is 9.59 Å². The molecule has 1 aromatic heterocycles. The van der Waals surface area contributed by atoms with Crippen LogP contribution in [-0.4, -0.2) is 16.1 Å². The SMILES string of the molecule is O=C1C2=C(CC(=O)C(C3=C(c4ccc(Cl)cc4)C(c4ccccc4)n4c(s/c(=C\c5ccccc5)c4=O)=N3)C2c2ccc(Cl)cc2)c2ccccc21. The van der Waals surface area contributed by atoms with E-state index in [0.717, 1.165) is 33.4 Å². The van der Waals surface area contributed by atoms with E-state index in [4.69, 9.17) is 28.2 Å². The zero-order chi connectivity index (χ0) is 35.5. The van der Waals surface area contributed by atoms with Gasteiger partial charge in [0, 0.05) is 39.1 Å². The van der Waals surface area contributed by atoms with Gasteiger partial charge >= 0.3 is 0 Å². The summed E-state index contributed by atoms with van der Waals surface area (Å²) in [6, 6.07) is 41.2. The van der Waals surface area contributed by atoms with E-state index in [-0.39, 0.29) is 23.5 Å². The lowest BCUT2D eigenvalue weighted by Crippen LogP contribution is -2.40. The fraction of sp³-hybridized carbons (Fsp3) is 0.0909. The fourth-order valence-electron chi connectivity index (χ4n) is 7.92. The Kier molecular flexibility index (Phi) is 8.11. The Morgan fingerprint density at radius 2 is 1.27 bits per heavy atom. The van der Waals surface area contributed by atoms with E-state index >= 15 is 0 Å². The summed E-state index contributed by atoms with van der Waals surface area (Å²) in [5, 5.41) is 1.11. The fourth-order valence-corrected chi connectivity index (χ4v) is 9.18. The lowest BCUT2D eigenvalue weighted by Gasteiger charge is -2.36. The molecule has 5 nitrogen and oxygen atoms in total. The summed E-state index contributed by atoms with van der Waals surface area (Å²) in [6.45, 7) is 0. The largest absolute Gasteiger partial charge is 0.299 e. The van der Waals surface area contributed by atoms with E-state index in [2.05, 4.69) is 0 Å². The molecule has 2 heterocycles. The Labute approximate surface area is 313 Å². The van der Waals surface area contributed by atoms with Gasteiger partial charge in [-0.3, -0.25) is 19.0 Å². The smallest absolute Gasteiger partial charge is 0.271 e. The van der Waals surface area contributed by atoms with E-state index < -0.39 is 17.9 Å². The number of hydrogen-bond donors (Lipinski definition) is 0. The van der Waals surface area contributed by atoms with Gasteiger partial charge in [0.1, 0.15) is 5.78 Å². The van der Waals surface area contributed by atoms with Gasteiger partial charge in [-0.2, -0.15) is 0 Å². The van der Waals surface area contributed by atoms with Crippen molar-refractivity contribution >= 4 is 63.3 Å². The minimum Gasteiger partial charge on any atom is -0.299 e. The van der Waals surface area contributed by atoms with Crippen molar-refractivity contribution in [2.75, 3.05) is 0 Å². The molecule has 6 aromatic rings. The lowest BCUT2D eigenvalue weighted by molar-refractivity contribution is -0.121. The first-order chi connectivity index (χ1) is 25.4. The first kappa shape index (κ1) is 32.5. The maximum Gasteiger partial charge on any atom is 0.271 e. The van der Waals surface area contributed by atoms with E-state index in [1.807, 2.05) is 115 Å². The third-order valence-electron chi connectivity index (χ3n) is 10.2. The Bertz CT molecular complexity index is 2680. The van der Waals surface area contributed by atoms with Gasteiger partial charge in [0.05, 0.1) is 22.2 Å². The van der Waals surface area contributed by atoms with Crippen LogP contribution >= 0.6 is 34.5 Å². The number of halogens is 2. The molecule has 5 aromatic carbocycles. The molecule has 3 atom stereocenters. The number of hydrogen-bond acceptors (Lipinski definition) is 5. The molecule has 9 rings (SSSR count). The number of thiazole rings is 1. The third-order valence-corrected chi connectivity index (χ3v) is 11.6. The summed E-state index contributed by atoms with van der Waals surface area (Å²) in [5.74, 6) is -1.63. The maximum atomic E-state index is 14.9. The van der Waals surface area contributed by atoms with Crippen LogP contribution in [0.1, 0.15) is 56.6 Å². The van der Waals surface area contributed by atoms with Gasteiger partial charge < -0.3 is 0 Å². The van der Waals surface area contributed by atoms with Crippen molar-refractivity contribution in [3.63, 3.8) is 0 Å². The number of ketones is 2. The van der Waals surface area contributed by atoms with Crippen molar-refractivity contribution in [3.05, 3.63) is 208 Å². The molecule has 0 fully saturated rings. The van der Waals surface area contributed by atoms with Gasteiger partial charge in [-0.05, 0) is 63.7 Å². The minimum atomic E-state index is -0.845. The van der Waals surface area contributed by atoms with Crippen molar-refractivity contribution in [2.45, 2.75) is 18.4 Å². The molecule has 0 N–H and O–H groups in total. The molecule has 3 aliphatic rings. The van der Waals surface area contributed by atoms with Gasteiger partial charge in [0.25, 0.3) is 5.56 Å². The van der Waals surface area contributed by atoms with E-state index in [9.17, 15) is 14.4 Å². The molecular formula is C44H28Cl2N2O3S. The highest BCUT2D eigenvalue weighted by molar-refractivity contribution is 7.07. The molecule has 0 saturated carbocycles. The molecule has 0 radical (unpaired) electrons. The number of nitrogens with zero attached hydrogens (tertiary/aromatic N) is 2. The highest BCUT2D eigenvalue weighted by Crippen LogP contribution is 2.53. The first-order valence-corrected chi connectivity index (χ1v) is 18.5. The Morgan fingerprint density at radius 1 is 0.654 bits per heavy atom.